The zero-order valence-corrected chi connectivity index (χ0v) is 14.4. The average molecular weight is 307 g/mol. The second-order valence-electron chi connectivity index (χ2n) is 6.66. The molecule has 3 nitrogen and oxygen atoms in total. The number of nitrogens with zero attached hydrogens (tertiary/aromatic N) is 2. The third kappa shape index (κ3) is 3.02. The molecule has 0 aliphatic carbocycles. The normalized spacial score (nSPS) is 11.6. The molecule has 0 unspecified atom stereocenters. The van der Waals surface area contributed by atoms with Crippen molar-refractivity contribution in [2.45, 2.75) is 46.7 Å². The van der Waals surface area contributed by atoms with Gasteiger partial charge in [-0.25, -0.2) is 4.98 Å². The lowest BCUT2D eigenvalue weighted by Gasteiger charge is -2.12. The molecular formula is C20H25N3. The fourth-order valence-electron chi connectivity index (χ4n) is 2.97. The summed E-state index contributed by atoms with van der Waals surface area (Å²) < 4.78 is 2.35. The predicted octanol–water partition coefficient (Wildman–Crippen LogP) is 4.28. The monoisotopic (exact) mass is 307 g/mol. The van der Waals surface area contributed by atoms with Crippen LogP contribution in [0.1, 0.15) is 47.8 Å². The third-order valence-corrected chi connectivity index (χ3v) is 4.51. The van der Waals surface area contributed by atoms with Crippen LogP contribution in [-0.4, -0.2) is 9.55 Å². The lowest BCUT2D eigenvalue weighted by atomic mass is 10.1. The number of aryl methyl sites for hydroxylation is 2. The molecule has 23 heavy (non-hydrogen) atoms. The largest absolute Gasteiger partial charge is 0.326 e. The van der Waals surface area contributed by atoms with Crippen molar-refractivity contribution < 1.29 is 0 Å². The van der Waals surface area contributed by atoms with Crippen molar-refractivity contribution in [1.29, 1.82) is 0 Å². The van der Waals surface area contributed by atoms with E-state index in [1.807, 2.05) is 0 Å². The second-order valence-corrected chi connectivity index (χ2v) is 6.66. The SMILES string of the molecule is Cc1cc2nc(C(C)C)n(Cc3ccc(CN)cc3)c2cc1C. The molecule has 3 aromatic rings. The van der Waals surface area contributed by atoms with Crippen LogP contribution < -0.4 is 5.73 Å². The third-order valence-electron chi connectivity index (χ3n) is 4.51. The number of imidazole rings is 1. The topological polar surface area (TPSA) is 43.8 Å². The number of fused-ring (bicyclic) bond motifs is 1. The minimum atomic E-state index is 0.395. The molecule has 0 atom stereocenters. The van der Waals surface area contributed by atoms with Crippen LogP contribution in [0, 0.1) is 13.8 Å². The molecule has 120 valence electrons. The molecule has 2 aromatic carbocycles. The molecule has 0 saturated carbocycles. The number of aromatic nitrogens is 2. The fourth-order valence-corrected chi connectivity index (χ4v) is 2.97. The van der Waals surface area contributed by atoms with Gasteiger partial charge >= 0.3 is 0 Å². The lowest BCUT2D eigenvalue weighted by molar-refractivity contribution is 0.683. The molecule has 3 rings (SSSR count). The van der Waals surface area contributed by atoms with Crippen LogP contribution in [0.3, 0.4) is 0 Å². The highest BCUT2D eigenvalue weighted by Crippen LogP contribution is 2.25. The van der Waals surface area contributed by atoms with Crippen LogP contribution in [0.5, 0.6) is 0 Å². The van der Waals surface area contributed by atoms with E-state index in [4.69, 9.17) is 10.7 Å². The summed E-state index contributed by atoms with van der Waals surface area (Å²) >= 11 is 0. The van der Waals surface area contributed by atoms with Crippen molar-refractivity contribution >= 4 is 11.0 Å². The number of rotatable bonds is 4. The molecular weight excluding hydrogens is 282 g/mol. The van der Waals surface area contributed by atoms with Crippen LogP contribution in [0.2, 0.25) is 0 Å². The summed E-state index contributed by atoms with van der Waals surface area (Å²) in [7, 11) is 0. The highest BCUT2D eigenvalue weighted by atomic mass is 15.1. The first-order valence-electron chi connectivity index (χ1n) is 8.25. The summed E-state index contributed by atoms with van der Waals surface area (Å²) in [5.74, 6) is 1.54. The van der Waals surface area contributed by atoms with Crippen molar-refractivity contribution in [3.63, 3.8) is 0 Å². The number of hydrogen-bond donors (Lipinski definition) is 1. The van der Waals surface area contributed by atoms with Crippen LogP contribution in [-0.2, 0) is 13.1 Å². The van der Waals surface area contributed by atoms with Crippen molar-refractivity contribution in [3.05, 3.63) is 64.5 Å². The Bertz CT molecular complexity index is 826. The van der Waals surface area contributed by atoms with Gasteiger partial charge in [0, 0.05) is 19.0 Å². The van der Waals surface area contributed by atoms with E-state index in [1.54, 1.807) is 0 Å². The molecule has 0 fully saturated rings. The van der Waals surface area contributed by atoms with Crippen LogP contribution in [0.25, 0.3) is 11.0 Å². The molecule has 2 N–H and O–H groups in total. The van der Waals surface area contributed by atoms with Gasteiger partial charge in [0.2, 0.25) is 0 Å². The van der Waals surface area contributed by atoms with Gasteiger partial charge in [0.15, 0.2) is 0 Å². The summed E-state index contributed by atoms with van der Waals surface area (Å²) in [5, 5.41) is 0. The highest BCUT2D eigenvalue weighted by molar-refractivity contribution is 5.78. The fraction of sp³-hybridized carbons (Fsp3) is 0.350. The Kier molecular flexibility index (Phi) is 4.22. The Balaban J connectivity index is 2.09. The van der Waals surface area contributed by atoms with E-state index in [0.29, 0.717) is 12.5 Å². The lowest BCUT2D eigenvalue weighted by Crippen LogP contribution is -2.07. The molecule has 0 radical (unpaired) electrons. The van der Waals surface area contributed by atoms with E-state index < -0.39 is 0 Å². The van der Waals surface area contributed by atoms with Crippen molar-refractivity contribution in [1.82, 2.24) is 9.55 Å². The van der Waals surface area contributed by atoms with Crippen molar-refractivity contribution in [3.8, 4) is 0 Å². The van der Waals surface area contributed by atoms with Gasteiger partial charge < -0.3 is 10.3 Å². The molecule has 1 heterocycles. The van der Waals surface area contributed by atoms with Gasteiger partial charge in [-0.1, -0.05) is 38.1 Å². The number of benzene rings is 2. The minimum Gasteiger partial charge on any atom is -0.326 e. The molecule has 0 spiro atoms. The molecule has 3 heteroatoms. The summed E-state index contributed by atoms with van der Waals surface area (Å²) in [4.78, 5) is 4.89. The van der Waals surface area contributed by atoms with Gasteiger partial charge in [-0.2, -0.15) is 0 Å². The van der Waals surface area contributed by atoms with Gasteiger partial charge in [-0.3, -0.25) is 0 Å². The Morgan fingerprint density at radius 3 is 2.22 bits per heavy atom. The van der Waals surface area contributed by atoms with E-state index in [2.05, 4.69) is 68.7 Å². The predicted molar refractivity (Wildman–Crippen MR) is 96.7 cm³/mol. The first-order valence-corrected chi connectivity index (χ1v) is 8.25. The number of hydrogen-bond acceptors (Lipinski definition) is 2. The highest BCUT2D eigenvalue weighted by Gasteiger charge is 2.15. The molecule has 0 aliphatic heterocycles. The van der Waals surface area contributed by atoms with Crippen LogP contribution in [0.4, 0.5) is 0 Å². The maximum absolute atomic E-state index is 5.69. The van der Waals surface area contributed by atoms with E-state index in [1.165, 1.54) is 27.8 Å². The van der Waals surface area contributed by atoms with Crippen LogP contribution in [0.15, 0.2) is 36.4 Å². The smallest absolute Gasteiger partial charge is 0.112 e. The Labute approximate surface area is 138 Å². The van der Waals surface area contributed by atoms with Gasteiger partial charge in [0.25, 0.3) is 0 Å². The molecule has 0 saturated heterocycles. The first kappa shape index (κ1) is 15.8. The van der Waals surface area contributed by atoms with Crippen LogP contribution >= 0.6 is 0 Å². The summed E-state index contributed by atoms with van der Waals surface area (Å²) in [5.41, 5.74) is 13.1. The standard InChI is InChI=1S/C20H25N3/c1-13(2)20-22-18-9-14(3)15(4)10-19(18)23(20)12-17-7-5-16(11-21)6-8-17/h5-10,13H,11-12,21H2,1-4H3. The Hall–Kier alpha value is -2.13. The second kappa shape index (κ2) is 6.17. The Morgan fingerprint density at radius 1 is 1.00 bits per heavy atom. The van der Waals surface area contributed by atoms with Gasteiger partial charge in [-0.15, -0.1) is 0 Å². The number of nitrogens with two attached hydrogens (primary N) is 1. The van der Waals surface area contributed by atoms with Gasteiger partial charge in [0.1, 0.15) is 5.82 Å². The Morgan fingerprint density at radius 2 is 1.61 bits per heavy atom. The van der Waals surface area contributed by atoms with Crippen molar-refractivity contribution in [2.24, 2.45) is 5.73 Å². The zero-order valence-electron chi connectivity index (χ0n) is 14.4. The quantitative estimate of drug-likeness (QED) is 0.781. The summed E-state index contributed by atoms with van der Waals surface area (Å²) in [6.07, 6.45) is 0. The zero-order chi connectivity index (χ0) is 16.6. The van der Waals surface area contributed by atoms with Crippen molar-refractivity contribution in [2.75, 3.05) is 0 Å². The average Bonchev–Trinajstić information content (AvgIpc) is 2.87. The van der Waals surface area contributed by atoms with E-state index in [9.17, 15) is 0 Å². The maximum Gasteiger partial charge on any atom is 0.112 e. The first-order chi connectivity index (χ1) is 11.0. The maximum atomic E-state index is 5.69. The molecule has 1 aromatic heterocycles. The molecule has 0 bridgehead atoms. The van der Waals surface area contributed by atoms with Gasteiger partial charge in [0.05, 0.1) is 11.0 Å². The van der Waals surface area contributed by atoms with E-state index in [0.717, 1.165) is 17.9 Å². The minimum absolute atomic E-state index is 0.395. The van der Waals surface area contributed by atoms with Gasteiger partial charge in [-0.05, 0) is 48.2 Å². The van der Waals surface area contributed by atoms with E-state index in [-0.39, 0.29) is 0 Å². The van der Waals surface area contributed by atoms with E-state index >= 15 is 0 Å². The molecule has 0 amide bonds. The summed E-state index contributed by atoms with van der Waals surface area (Å²) in [6, 6.07) is 13.0. The molecule has 0 aliphatic rings. The summed E-state index contributed by atoms with van der Waals surface area (Å²) in [6.45, 7) is 10.1.